The zero-order valence-electron chi connectivity index (χ0n) is 14.9. The van der Waals surface area contributed by atoms with Crippen molar-refractivity contribution in [2.45, 2.75) is 19.2 Å². The van der Waals surface area contributed by atoms with Gasteiger partial charge < -0.3 is 15.0 Å². The number of carbonyl (C=O) groups excluding carboxylic acids is 1. The Hall–Kier alpha value is -3.40. The number of ether oxygens (including phenoxy) is 1. The lowest BCUT2D eigenvalue weighted by atomic mass is 9.99. The predicted molar refractivity (Wildman–Crippen MR) is 99.7 cm³/mol. The maximum absolute atomic E-state index is 12.3. The highest BCUT2D eigenvalue weighted by atomic mass is 19.4. The smallest absolute Gasteiger partial charge is 0.406 e. The first-order valence-electron chi connectivity index (χ1n) is 8.51. The number of fused-ring (bicyclic) bond motifs is 1. The summed E-state index contributed by atoms with van der Waals surface area (Å²) in [4.78, 5) is 15.4. The van der Waals surface area contributed by atoms with Crippen LogP contribution in [0.3, 0.4) is 0 Å². The Labute approximate surface area is 159 Å². The van der Waals surface area contributed by atoms with Gasteiger partial charge in [-0.2, -0.15) is 0 Å². The second-order valence-electron chi connectivity index (χ2n) is 6.14. The van der Waals surface area contributed by atoms with Gasteiger partial charge in [0, 0.05) is 17.3 Å². The van der Waals surface area contributed by atoms with E-state index >= 15 is 0 Å². The Kier molecular flexibility index (Phi) is 5.59. The number of halogens is 3. The third-order valence-electron chi connectivity index (χ3n) is 4.14. The van der Waals surface area contributed by atoms with Crippen molar-refractivity contribution in [2.24, 2.45) is 0 Å². The fourth-order valence-corrected chi connectivity index (χ4v) is 2.66. The molecule has 1 atom stereocenters. The molecule has 3 aromatic rings. The van der Waals surface area contributed by atoms with Gasteiger partial charge in [0.05, 0.1) is 12.5 Å². The van der Waals surface area contributed by atoms with Crippen molar-refractivity contribution in [2.75, 3.05) is 6.54 Å². The molecule has 0 aliphatic rings. The fourth-order valence-electron chi connectivity index (χ4n) is 2.66. The molecule has 1 amide bonds. The van der Waals surface area contributed by atoms with Crippen molar-refractivity contribution in [3.8, 4) is 17.6 Å². The lowest BCUT2D eigenvalue weighted by Crippen LogP contribution is -2.28. The van der Waals surface area contributed by atoms with E-state index in [9.17, 15) is 18.0 Å². The highest BCUT2D eigenvalue weighted by molar-refractivity contribution is 5.86. The predicted octanol–water partition coefficient (Wildman–Crippen LogP) is 4.34. The van der Waals surface area contributed by atoms with Crippen molar-refractivity contribution >= 4 is 16.8 Å². The lowest BCUT2D eigenvalue weighted by Gasteiger charge is -2.11. The molecule has 0 bridgehead atoms. The summed E-state index contributed by atoms with van der Waals surface area (Å²) < 4.78 is 40.2. The lowest BCUT2D eigenvalue weighted by molar-refractivity contribution is -0.274. The highest BCUT2D eigenvalue weighted by Crippen LogP contribution is 2.23. The molecule has 144 valence electrons. The SMILES string of the molecule is CC(C(=O)NCC#Cc1ccc(OC(F)(F)F)cc1)c1ccc2cc[nH]c2c1. The number of benzene rings is 2. The van der Waals surface area contributed by atoms with Crippen LogP contribution in [0.5, 0.6) is 5.75 Å². The molecule has 0 saturated carbocycles. The summed E-state index contributed by atoms with van der Waals surface area (Å²) in [6.45, 7) is 1.95. The molecule has 3 rings (SSSR count). The average Bonchev–Trinajstić information content (AvgIpc) is 3.12. The molecule has 2 N–H and O–H groups in total. The van der Waals surface area contributed by atoms with Crippen LogP contribution < -0.4 is 10.1 Å². The average molecular weight is 386 g/mol. The number of rotatable bonds is 4. The second kappa shape index (κ2) is 8.09. The molecule has 1 unspecified atom stereocenters. The van der Waals surface area contributed by atoms with E-state index in [0.29, 0.717) is 5.56 Å². The third-order valence-corrected chi connectivity index (χ3v) is 4.14. The molecule has 0 aliphatic carbocycles. The number of alkyl halides is 3. The molecule has 0 aliphatic heterocycles. The Bertz CT molecular complexity index is 1030. The minimum atomic E-state index is -4.72. The van der Waals surface area contributed by atoms with Gasteiger partial charge in [0.25, 0.3) is 0 Å². The van der Waals surface area contributed by atoms with Gasteiger partial charge in [0.1, 0.15) is 5.75 Å². The Morgan fingerprint density at radius 1 is 1.18 bits per heavy atom. The molecule has 2 aromatic carbocycles. The summed E-state index contributed by atoms with van der Waals surface area (Å²) in [5.74, 6) is 4.76. The summed E-state index contributed by atoms with van der Waals surface area (Å²) >= 11 is 0. The van der Waals surface area contributed by atoms with Crippen molar-refractivity contribution in [3.63, 3.8) is 0 Å². The Balaban J connectivity index is 1.53. The number of aromatic amines is 1. The maximum Gasteiger partial charge on any atom is 0.573 e. The van der Waals surface area contributed by atoms with Crippen LogP contribution in [-0.4, -0.2) is 23.8 Å². The van der Waals surface area contributed by atoms with Crippen LogP contribution in [-0.2, 0) is 4.79 Å². The molecule has 4 nitrogen and oxygen atoms in total. The van der Waals surface area contributed by atoms with Gasteiger partial charge in [-0.25, -0.2) is 0 Å². The van der Waals surface area contributed by atoms with Gasteiger partial charge in [-0.3, -0.25) is 4.79 Å². The van der Waals surface area contributed by atoms with E-state index in [4.69, 9.17) is 0 Å². The molecule has 7 heteroatoms. The monoisotopic (exact) mass is 386 g/mol. The third kappa shape index (κ3) is 5.07. The minimum absolute atomic E-state index is 0.134. The minimum Gasteiger partial charge on any atom is -0.406 e. The molecule has 0 saturated heterocycles. The molecular formula is C21H17F3N2O2. The van der Waals surface area contributed by atoms with Crippen molar-refractivity contribution in [1.82, 2.24) is 10.3 Å². The first kappa shape index (κ1) is 19.4. The number of amides is 1. The Morgan fingerprint density at radius 3 is 2.64 bits per heavy atom. The van der Waals surface area contributed by atoms with Gasteiger partial charge in [0.15, 0.2) is 0 Å². The first-order chi connectivity index (χ1) is 13.3. The molecule has 0 radical (unpaired) electrons. The zero-order chi connectivity index (χ0) is 20.1. The molecule has 1 heterocycles. The molecule has 0 spiro atoms. The molecule has 1 aromatic heterocycles. The number of aromatic nitrogens is 1. The van der Waals surface area contributed by atoms with Crippen LogP contribution >= 0.6 is 0 Å². The largest absolute Gasteiger partial charge is 0.573 e. The molecular weight excluding hydrogens is 369 g/mol. The number of H-pyrrole nitrogens is 1. The van der Waals surface area contributed by atoms with E-state index in [2.05, 4.69) is 26.9 Å². The van der Waals surface area contributed by atoms with E-state index in [1.165, 1.54) is 24.3 Å². The second-order valence-corrected chi connectivity index (χ2v) is 6.14. The summed E-state index contributed by atoms with van der Waals surface area (Å²) in [6.07, 6.45) is -2.88. The summed E-state index contributed by atoms with van der Waals surface area (Å²) in [6, 6.07) is 13.0. The van der Waals surface area contributed by atoms with Gasteiger partial charge in [-0.15, -0.1) is 13.2 Å². The number of nitrogens with one attached hydrogen (secondary N) is 2. The molecule has 28 heavy (non-hydrogen) atoms. The highest BCUT2D eigenvalue weighted by Gasteiger charge is 2.30. The first-order valence-corrected chi connectivity index (χ1v) is 8.51. The maximum atomic E-state index is 12.3. The van der Waals surface area contributed by atoms with E-state index in [0.717, 1.165) is 16.5 Å². The van der Waals surface area contributed by atoms with Crippen LogP contribution in [0.4, 0.5) is 13.2 Å². The van der Waals surface area contributed by atoms with Gasteiger partial charge in [0.2, 0.25) is 5.91 Å². The van der Waals surface area contributed by atoms with Crippen LogP contribution in [0.25, 0.3) is 10.9 Å². The topological polar surface area (TPSA) is 54.1 Å². The van der Waals surface area contributed by atoms with E-state index in [-0.39, 0.29) is 24.1 Å². The summed E-state index contributed by atoms with van der Waals surface area (Å²) in [7, 11) is 0. The van der Waals surface area contributed by atoms with Gasteiger partial charge in [-0.05, 0) is 54.3 Å². The van der Waals surface area contributed by atoms with Crippen molar-refractivity contribution in [1.29, 1.82) is 0 Å². The quantitative estimate of drug-likeness (QED) is 0.656. The normalized spacial score (nSPS) is 12.1. The number of hydrogen-bond donors (Lipinski definition) is 2. The zero-order valence-corrected chi connectivity index (χ0v) is 14.9. The summed E-state index contributed by atoms with van der Waals surface area (Å²) in [5, 5.41) is 3.82. The van der Waals surface area contributed by atoms with Crippen LogP contribution in [0, 0.1) is 11.8 Å². The van der Waals surface area contributed by atoms with E-state index in [1.807, 2.05) is 37.4 Å². The van der Waals surface area contributed by atoms with Gasteiger partial charge >= 0.3 is 6.36 Å². The number of carbonyl (C=O) groups is 1. The summed E-state index contributed by atoms with van der Waals surface area (Å²) in [5.41, 5.74) is 2.38. The number of hydrogen-bond acceptors (Lipinski definition) is 2. The Morgan fingerprint density at radius 2 is 1.93 bits per heavy atom. The molecule has 0 fully saturated rings. The van der Waals surface area contributed by atoms with E-state index in [1.54, 1.807) is 0 Å². The van der Waals surface area contributed by atoms with Gasteiger partial charge in [-0.1, -0.05) is 24.0 Å². The van der Waals surface area contributed by atoms with Crippen molar-refractivity contribution in [3.05, 3.63) is 65.9 Å². The van der Waals surface area contributed by atoms with Crippen LogP contribution in [0.1, 0.15) is 24.0 Å². The fraction of sp³-hybridized carbons (Fsp3) is 0.190. The van der Waals surface area contributed by atoms with E-state index < -0.39 is 6.36 Å². The van der Waals surface area contributed by atoms with Crippen molar-refractivity contribution < 1.29 is 22.7 Å². The van der Waals surface area contributed by atoms with Crippen LogP contribution in [0.15, 0.2) is 54.7 Å². The standard InChI is InChI=1S/C21H17F3N2O2/c1-14(17-7-6-16-10-12-25-19(16)13-17)20(27)26-11-2-3-15-4-8-18(9-5-15)28-21(22,23)24/h4-10,12-14,25H,11H2,1H3,(H,26,27). The van der Waals surface area contributed by atoms with Crippen LogP contribution in [0.2, 0.25) is 0 Å².